The summed E-state index contributed by atoms with van der Waals surface area (Å²) >= 11 is 0. The maximum Gasteiger partial charge on any atom is 0.261 e. The first kappa shape index (κ1) is 14.3. The minimum atomic E-state index is -3.80. The number of benzene rings is 1. The van der Waals surface area contributed by atoms with Crippen molar-refractivity contribution < 1.29 is 13.2 Å². The third-order valence-electron chi connectivity index (χ3n) is 3.47. The Morgan fingerprint density at radius 2 is 2.21 bits per heavy atom. The van der Waals surface area contributed by atoms with Crippen LogP contribution in [0.1, 0.15) is 36.5 Å². The van der Waals surface area contributed by atoms with E-state index in [1.54, 1.807) is 12.1 Å². The molecule has 1 unspecified atom stereocenters. The van der Waals surface area contributed by atoms with E-state index in [-0.39, 0.29) is 16.8 Å². The minimum absolute atomic E-state index is 0.0349. The first-order valence-corrected chi connectivity index (χ1v) is 8.60. The Bertz CT molecular complexity index is 585. The molecule has 0 saturated carbocycles. The molecule has 0 aliphatic carbocycles. The van der Waals surface area contributed by atoms with Crippen molar-refractivity contribution in [2.24, 2.45) is 0 Å². The average Bonchev–Trinajstić information content (AvgIpc) is 2.85. The highest BCUT2D eigenvalue weighted by molar-refractivity contribution is 8.13. The van der Waals surface area contributed by atoms with E-state index in [1.165, 1.54) is 12.1 Å². The molecule has 0 spiro atoms. The molecule has 0 aromatic heterocycles. The molecule has 0 bridgehead atoms. The summed E-state index contributed by atoms with van der Waals surface area (Å²) in [5, 5.41) is 0. The van der Waals surface area contributed by atoms with Crippen molar-refractivity contribution in [1.82, 2.24) is 4.90 Å². The molecule has 1 amide bonds. The Labute approximate surface area is 117 Å². The van der Waals surface area contributed by atoms with Gasteiger partial charge in [-0.15, -0.1) is 0 Å². The largest absolute Gasteiger partial charge is 0.336 e. The summed E-state index contributed by atoms with van der Waals surface area (Å²) in [6.07, 6.45) is 2.92. The van der Waals surface area contributed by atoms with Crippen molar-refractivity contribution in [3.8, 4) is 0 Å². The van der Waals surface area contributed by atoms with Crippen molar-refractivity contribution in [2.45, 2.75) is 37.1 Å². The van der Waals surface area contributed by atoms with E-state index in [0.29, 0.717) is 5.56 Å². The summed E-state index contributed by atoms with van der Waals surface area (Å²) in [6.45, 7) is 2.78. The molecule has 104 valence electrons. The number of carbonyl (C=O) groups is 1. The third kappa shape index (κ3) is 3.09. The van der Waals surface area contributed by atoms with Gasteiger partial charge in [-0.05, 0) is 37.5 Å². The zero-order valence-electron chi connectivity index (χ0n) is 10.7. The molecule has 0 N–H and O–H groups in total. The van der Waals surface area contributed by atoms with E-state index >= 15 is 0 Å². The van der Waals surface area contributed by atoms with Crippen LogP contribution in [0, 0.1) is 0 Å². The number of nitrogens with zero attached hydrogens (tertiary/aromatic N) is 1. The van der Waals surface area contributed by atoms with Gasteiger partial charge in [0.25, 0.3) is 15.0 Å². The molecular weight excluding hydrogens is 286 g/mol. The van der Waals surface area contributed by atoms with Crippen LogP contribution in [-0.4, -0.2) is 31.8 Å². The Hall–Kier alpha value is -1.07. The summed E-state index contributed by atoms with van der Waals surface area (Å²) in [6, 6.07) is 6.15. The average molecular weight is 302 g/mol. The lowest BCUT2D eigenvalue weighted by Crippen LogP contribution is -2.35. The third-order valence-corrected chi connectivity index (χ3v) is 4.82. The van der Waals surface area contributed by atoms with Crippen molar-refractivity contribution in [2.75, 3.05) is 6.54 Å². The lowest BCUT2D eigenvalue weighted by atomic mass is 10.1. The Morgan fingerprint density at radius 3 is 2.84 bits per heavy atom. The normalized spacial score (nSPS) is 19.7. The lowest BCUT2D eigenvalue weighted by Gasteiger charge is -2.23. The lowest BCUT2D eigenvalue weighted by molar-refractivity contribution is 0.0733. The Kier molecular flexibility index (Phi) is 4.16. The molecule has 19 heavy (non-hydrogen) atoms. The second-order valence-corrected chi connectivity index (χ2v) is 7.23. The zero-order valence-corrected chi connectivity index (χ0v) is 12.2. The Balaban J connectivity index is 2.29. The topological polar surface area (TPSA) is 54.5 Å². The summed E-state index contributed by atoms with van der Waals surface area (Å²) in [5.74, 6) is -0.119. The summed E-state index contributed by atoms with van der Waals surface area (Å²) < 4.78 is 22.6. The number of carbonyl (C=O) groups excluding carboxylic acids is 1. The fourth-order valence-corrected chi connectivity index (χ4v) is 3.27. The van der Waals surface area contributed by atoms with E-state index in [4.69, 9.17) is 10.7 Å². The van der Waals surface area contributed by atoms with Gasteiger partial charge in [0.05, 0.1) is 4.90 Å². The van der Waals surface area contributed by atoms with Gasteiger partial charge in [0.1, 0.15) is 0 Å². The number of amides is 1. The van der Waals surface area contributed by atoms with Gasteiger partial charge in [0.15, 0.2) is 0 Å². The SMILES string of the molecule is CCC1CCCN1C(=O)c1cccc(S(=O)(=O)Cl)c1. The molecule has 1 saturated heterocycles. The van der Waals surface area contributed by atoms with Gasteiger partial charge in [-0.2, -0.15) is 0 Å². The van der Waals surface area contributed by atoms with E-state index in [2.05, 4.69) is 6.92 Å². The van der Waals surface area contributed by atoms with E-state index in [1.807, 2.05) is 4.90 Å². The van der Waals surface area contributed by atoms with Crippen LogP contribution in [0.2, 0.25) is 0 Å². The van der Waals surface area contributed by atoms with Gasteiger partial charge in [-0.3, -0.25) is 4.79 Å². The fraction of sp³-hybridized carbons (Fsp3) is 0.462. The number of rotatable bonds is 3. The maximum absolute atomic E-state index is 12.4. The highest BCUT2D eigenvalue weighted by Crippen LogP contribution is 2.23. The van der Waals surface area contributed by atoms with Gasteiger partial charge < -0.3 is 4.90 Å². The van der Waals surface area contributed by atoms with E-state index < -0.39 is 9.05 Å². The van der Waals surface area contributed by atoms with E-state index in [9.17, 15) is 13.2 Å². The second kappa shape index (κ2) is 5.51. The number of hydrogen-bond donors (Lipinski definition) is 0. The number of halogens is 1. The molecule has 4 nitrogen and oxygen atoms in total. The van der Waals surface area contributed by atoms with Gasteiger partial charge >= 0.3 is 0 Å². The zero-order chi connectivity index (χ0) is 14.0. The molecule has 2 rings (SSSR count). The van der Waals surface area contributed by atoms with Crippen LogP contribution >= 0.6 is 10.7 Å². The molecule has 0 radical (unpaired) electrons. The molecule has 1 aliphatic heterocycles. The van der Waals surface area contributed by atoms with Gasteiger partial charge in [0, 0.05) is 28.8 Å². The molecular formula is C13H16ClNO3S. The highest BCUT2D eigenvalue weighted by atomic mass is 35.7. The van der Waals surface area contributed by atoms with Crippen LogP contribution < -0.4 is 0 Å². The quantitative estimate of drug-likeness (QED) is 0.807. The highest BCUT2D eigenvalue weighted by Gasteiger charge is 2.28. The molecule has 1 aromatic rings. The molecule has 1 atom stereocenters. The van der Waals surface area contributed by atoms with Crippen molar-refractivity contribution in [3.63, 3.8) is 0 Å². The summed E-state index contributed by atoms with van der Waals surface area (Å²) in [7, 11) is 1.50. The van der Waals surface area contributed by atoms with Crippen molar-refractivity contribution >= 4 is 25.6 Å². The summed E-state index contributed by atoms with van der Waals surface area (Å²) in [4.78, 5) is 14.2. The predicted octanol–water partition coefficient (Wildman–Crippen LogP) is 2.63. The van der Waals surface area contributed by atoms with Crippen LogP contribution in [0.3, 0.4) is 0 Å². The monoisotopic (exact) mass is 301 g/mol. The summed E-state index contributed by atoms with van der Waals surface area (Å²) in [5.41, 5.74) is 0.377. The molecule has 1 heterocycles. The van der Waals surface area contributed by atoms with Gasteiger partial charge in [-0.25, -0.2) is 8.42 Å². The number of likely N-dealkylation sites (tertiary alicyclic amines) is 1. The standard InChI is InChI=1S/C13H16ClNO3S/c1-2-11-6-4-8-15(11)13(16)10-5-3-7-12(9-10)19(14,17)18/h3,5,7,9,11H,2,4,6,8H2,1H3. The van der Waals surface area contributed by atoms with Crippen LogP contribution in [0.5, 0.6) is 0 Å². The molecule has 1 aromatic carbocycles. The van der Waals surface area contributed by atoms with Crippen LogP contribution in [0.25, 0.3) is 0 Å². The van der Waals surface area contributed by atoms with Crippen LogP contribution in [0.15, 0.2) is 29.2 Å². The first-order chi connectivity index (χ1) is 8.93. The second-order valence-electron chi connectivity index (χ2n) is 4.67. The van der Waals surface area contributed by atoms with Gasteiger partial charge in [-0.1, -0.05) is 13.0 Å². The smallest absolute Gasteiger partial charge is 0.261 e. The van der Waals surface area contributed by atoms with Crippen molar-refractivity contribution in [3.05, 3.63) is 29.8 Å². The Morgan fingerprint density at radius 1 is 1.47 bits per heavy atom. The van der Waals surface area contributed by atoms with Crippen LogP contribution in [-0.2, 0) is 9.05 Å². The molecule has 1 fully saturated rings. The number of hydrogen-bond acceptors (Lipinski definition) is 3. The fourth-order valence-electron chi connectivity index (χ4n) is 2.47. The molecule has 6 heteroatoms. The van der Waals surface area contributed by atoms with E-state index in [0.717, 1.165) is 25.8 Å². The molecule has 1 aliphatic rings. The maximum atomic E-state index is 12.4. The minimum Gasteiger partial charge on any atom is -0.336 e. The first-order valence-electron chi connectivity index (χ1n) is 6.29. The van der Waals surface area contributed by atoms with Crippen molar-refractivity contribution in [1.29, 1.82) is 0 Å². The van der Waals surface area contributed by atoms with Gasteiger partial charge in [0.2, 0.25) is 0 Å². The predicted molar refractivity (Wildman–Crippen MR) is 73.8 cm³/mol. The van der Waals surface area contributed by atoms with Crippen LogP contribution in [0.4, 0.5) is 0 Å².